The third-order valence-electron chi connectivity index (χ3n) is 3.28. The molecule has 1 saturated carbocycles. The average Bonchev–Trinajstić information content (AvgIpc) is 2.80. The van der Waals surface area contributed by atoms with Crippen LogP contribution in [0.5, 0.6) is 0 Å². The van der Waals surface area contributed by atoms with Gasteiger partial charge in [-0.2, -0.15) is 0 Å². The van der Waals surface area contributed by atoms with Gasteiger partial charge in [-0.1, -0.05) is 25.0 Å². The largest absolute Gasteiger partial charge is 0.481 e. The molecule has 0 saturated heterocycles. The Morgan fingerprint density at radius 2 is 2.12 bits per heavy atom. The van der Waals surface area contributed by atoms with Gasteiger partial charge in [-0.15, -0.1) is 0 Å². The second kappa shape index (κ2) is 5.71. The van der Waals surface area contributed by atoms with Crippen LogP contribution in [0, 0.1) is 0 Å². The molecule has 0 aliphatic heterocycles. The Labute approximate surface area is 102 Å². The van der Waals surface area contributed by atoms with Gasteiger partial charge in [-0.3, -0.25) is 4.79 Å². The van der Waals surface area contributed by atoms with Crippen molar-refractivity contribution in [1.82, 2.24) is 0 Å². The summed E-state index contributed by atoms with van der Waals surface area (Å²) in [5, 5.41) is 12.2. The van der Waals surface area contributed by atoms with Gasteiger partial charge in [0, 0.05) is 18.2 Å². The molecule has 2 N–H and O–H groups in total. The predicted octanol–water partition coefficient (Wildman–Crippen LogP) is 3.06. The highest BCUT2D eigenvalue weighted by Crippen LogP contribution is 2.22. The van der Waals surface area contributed by atoms with Crippen LogP contribution >= 0.6 is 0 Å². The smallest absolute Gasteiger partial charge is 0.303 e. The fraction of sp³-hybridized carbons (Fsp3) is 0.500. The van der Waals surface area contributed by atoms with Crippen molar-refractivity contribution in [3.8, 4) is 0 Å². The SMILES string of the molecule is O=C(O)CCc1cccc(NC2CCCC2)c1. The van der Waals surface area contributed by atoms with Crippen LogP contribution in [-0.4, -0.2) is 17.1 Å². The standard InChI is InChI=1S/C14H19NO2/c16-14(17)9-8-11-4-3-7-13(10-11)15-12-5-1-2-6-12/h3-4,7,10,12,15H,1-2,5-6,8-9H2,(H,16,17). The Balaban J connectivity index is 1.93. The van der Waals surface area contributed by atoms with Gasteiger partial charge in [0.05, 0.1) is 0 Å². The molecule has 3 nitrogen and oxygen atoms in total. The number of carboxylic acids is 1. The van der Waals surface area contributed by atoms with Crippen molar-refractivity contribution in [2.24, 2.45) is 0 Å². The van der Waals surface area contributed by atoms with Gasteiger partial charge in [0.25, 0.3) is 0 Å². The zero-order valence-electron chi connectivity index (χ0n) is 9.98. The molecule has 0 heterocycles. The van der Waals surface area contributed by atoms with Crippen LogP contribution in [0.2, 0.25) is 0 Å². The third-order valence-corrected chi connectivity index (χ3v) is 3.28. The molecule has 0 atom stereocenters. The summed E-state index contributed by atoms with van der Waals surface area (Å²) < 4.78 is 0. The molecule has 2 rings (SSSR count). The van der Waals surface area contributed by atoms with Gasteiger partial charge < -0.3 is 10.4 Å². The maximum atomic E-state index is 10.5. The van der Waals surface area contributed by atoms with Gasteiger partial charge >= 0.3 is 5.97 Å². The summed E-state index contributed by atoms with van der Waals surface area (Å²) in [6.07, 6.45) is 5.94. The van der Waals surface area contributed by atoms with E-state index < -0.39 is 5.97 Å². The maximum Gasteiger partial charge on any atom is 0.303 e. The van der Waals surface area contributed by atoms with E-state index in [1.165, 1.54) is 25.7 Å². The highest BCUT2D eigenvalue weighted by Gasteiger charge is 2.14. The van der Waals surface area contributed by atoms with Crippen LogP contribution < -0.4 is 5.32 Å². The minimum Gasteiger partial charge on any atom is -0.481 e. The summed E-state index contributed by atoms with van der Waals surface area (Å²) in [6, 6.07) is 8.71. The number of benzene rings is 1. The van der Waals surface area contributed by atoms with E-state index in [0.29, 0.717) is 12.5 Å². The van der Waals surface area contributed by atoms with Crippen molar-refractivity contribution >= 4 is 11.7 Å². The number of rotatable bonds is 5. The number of hydrogen-bond acceptors (Lipinski definition) is 2. The fourth-order valence-electron chi connectivity index (χ4n) is 2.37. The lowest BCUT2D eigenvalue weighted by molar-refractivity contribution is -0.136. The minimum absolute atomic E-state index is 0.201. The number of carboxylic acid groups (broad SMARTS) is 1. The quantitative estimate of drug-likeness (QED) is 0.821. The molecule has 1 aliphatic carbocycles. The maximum absolute atomic E-state index is 10.5. The summed E-state index contributed by atoms with van der Waals surface area (Å²) in [5.41, 5.74) is 2.22. The fourth-order valence-corrected chi connectivity index (χ4v) is 2.37. The van der Waals surface area contributed by atoms with Crippen LogP contribution in [0.15, 0.2) is 24.3 Å². The summed E-state index contributed by atoms with van der Waals surface area (Å²) in [5.74, 6) is -0.737. The molecule has 3 heteroatoms. The van der Waals surface area contributed by atoms with Crippen LogP contribution in [-0.2, 0) is 11.2 Å². The molecule has 0 amide bonds. The first-order valence-corrected chi connectivity index (χ1v) is 6.31. The molecule has 0 radical (unpaired) electrons. The lowest BCUT2D eigenvalue weighted by Gasteiger charge is -2.14. The number of nitrogens with one attached hydrogen (secondary N) is 1. The lowest BCUT2D eigenvalue weighted by Crippen LogP contribution is -2.14. The van der Waals surface area contributed by atoms with Crippen LogP contribution in [0.1, 0.15) is 37.7 Å². The Morgan fingerprint density at radius 1 is 1.35 bits per heavy atom. The Morgan fingerprint density at radius 3 is 2.82 bits per heavy atom. The normalized spacial score (nSPS) is 16.0. The number of aliphatic carboxylic acids is 1. The molecule has 0 unspecified atom stereocenters. The summed E-state index contributed by atoms with van der Waals surface area (Å²) in [6.45, 7) is 0. The minimum atomic E-state index is -0.737. The number of carbonyl (C=O) groups is 1. The van der Waals surface area contributed by atoms with Crippen LogP contribution in [0.3, 0.4) is 0 Å². The van der Waals surface area contributed by atoms with Crippen molar-refractivity contribution < 1.29 is 9.90 Å². The molecule has 1 fully saturated rings. The molecule has 92 valence electrons. The van der Waals surface area contributed by atoms with Crippen LogP contribution in [0.4, 0.5) is 5.69 Å². The van der Waals surface area contributed by atoms with Gasteiger partial charge in [0.15, 0.2) is 0 Å². The van der Waals surface area contributed by atoms with Crippen molar-refractivity contribution in [2.75, 3.05) is 5.32 Å². The second-order valence-corrected chi connectivity index (χ2v) is 4.72. The first kappa shape index (κ1) is 12.0. The Bertz CT molecular complexity index is 384. The van der Waals surface area contributed by atoms with E-state index >= 15 is 0 Å². The first-order chi connectivity index (χ1) is 8.24. The second-order valence-electron chi connectivity index (χ2n) is 4.72. The zero-order chi connectivity index (χ0) is 12.1. The molecule has 0 aromatic heterocycles. The first-order valence-electron chi connectivity index (χ1n) is 6.31. The van der Waals surface area contributed by atoms with Gasteiger partial charge in [-0.05, 0) is 37.0 Å². The number of aryl methyl sites for hydroxylation is 1. The van der Waals surface area contributed by atoms with E-state index in [1.54, 1.807) is 0 Å². The topological polar surface area (TPSA) is 49.3 Å². The average molecular weight is 233 g/mol. The molecule has 1 aromatic rings. The van der Waals surface area contributed by atoms with E-state index in [2.05, 4.69) is 17.4 Å². The van der Waals surface area contributed by atoms with Gasteiger partial charge in [-0.25, -0.2) is 0 Å². The zero-order valence-corrected chi connectivity index (χ0v) is 9.98. The molecular formula is C14H19NO2. The summed E-state index contributed by atoms with van der Waals surface area (Å²) in [4.78, 5) is 10.5. The van der Waals surface area contributed by atoms with Crippen molar-refractivity contribution in [2.45, 2.75) is 44.6 Å². The monoisotopic (exact) mass is 233 g/mol. The van der Waals surface area contributed by atoms with E-state index in [-0.39, 0.29) is 6.42 Å². The molecule has 17 heavy (non-hydrogen) atoms. The summed E-state index contributed by atoms with van der Waals surface area (Å²) >= 11 is 0. The molecule has 1 aliphatic rings. The number of hydrogen-bond donors (Lipinski definition) is 2. The third kappa shape index (κ3) is 3.77. The highest BCUT2D eigenvalue weighted by atomic mass is 16.4. The Hall–Kier alpha value is -1.51. The highest BCUT2D eigenvalue weighted by molar-refractivity contribution is 5.67. The van der Waals surface area contributed by atoms with E-state index in [0.717, 1.165) is 11.3 Å². The van der Waals surface area contributed by atoms with E-state index in [1.807, 2.05) is 12.1 Å². The van der Waals surface area contributed by atoms with E-state index in [9.17, 15) is 4.79 Å². The predicted molar refractivity (Wildman–Crippen MR) is 68.3 cm³/mol. The molecule has 1 aromatic carbocycles. The summed E-state index contributed by atoms with van der Waals surface area (Å²) in [7, 11) is 0. The van der Waals surface area contributed by atoms with Crippen molar-refractivity contribution in [3.05, 3.63) is 29.8 Å². The molecule has 0 spiro atoms. The van der Waals surface area contributed by atoms with Crippen LogP contribution in [0.25, 0.3) is 0 Å². The van der Waals surface area contributed by atoms with Crippen molar-refractivity contribution in [1.29, 1.82) is 0 Å². The molecular weight excluding hydrogens is 214 g/mol. The van der Waals surface area contributed by atoms with Gasteiger partial charge in [0.1, 0.15) is 0 Å². The Kier molecular flexibility index (Phi) is 4.02. The van der Waals surface area contributed by atoms with E-state index in [4.69, 9.17) is 5.11 Å². The number of anilines is 1. The van der Waals surface area contributed by atoms with Gasteiger partial charge in [0.2, 0.25) is 0 Å². The molecule has 0 bridgehead atoms. The van der Waals surface area contributed by atoms with Crippen molar-refractivity contribution in [3.63, 3.8) is 0 Å². The lowest BCUT2D eigenvalue weighted by atomic mass is 10.1.